The van der Waals surface area contributed by atoms with Crippen LogP contribution in [0, 0.1) is 6.92 Å². The number of ether oxygens (including phenoxy) is 2. The maximum Gasteiger partial charge on any atom is 0.422 e. The number of imide groups is 1. The van der Waals surface area contributed by atoms with Gasteiger partial charge in [-0.3, -0.25) is 4.79 Å². The van der Waals surface area contributed by atoms with Crippen LogP contribution in [0.1, 0.15) is 36.0 Å². The summed E-state index contributed by atoms with van der Waals surface area (Å²) in [4.78, 5) is 35.5. The van der Waals surface area contributed by atoms with E-state index in [0.717, 1.165) is 16.4 Å². The van der Waals surface area contributed by atoms with Crippen LogP contribution in [0.5, 0.6) is 0 Å². The van der Waals surface area contributed by atoms with Crippen LogP contribution in [0.4, 0.5) is 10.6 Å². The number of carbonyl (C=O) groups is 3. The van der Waals surface area contributed by atoms with Gasteiger partial charge in [-0.05, 0) is 39.2 Å². The fourth-order valence-corrected chi connectivity index (χ4v) is 2.11. The summed E-state index contributed by atoms with van der Waals surface area (Å²) in [6.07, 6.45) is -0.547. The molecule has 7 nitrogen and oxygen atoms in total. The molecule has 1 rings (SSSR count). The lowest BCUT2D eigenvalue weighted by Crippen LogP contribution is -2.36. The van der Waals surface area contributed by atoms with Gasteiger partial charge in [0.15, 0.2) is 5.82 Å². The highest BCUT2D eigenvalue weighted by Crippen LogP contribution is 2.26. The van der Waals surface area contributed by atoms with E-state index in [1.807, 2.05) is 0 Å². The van der Waals surface area contributed by atoms with Crippen molar-refractivity contribution in [3.8, 4) is 0 Å². The Kier molecular flexibility index (Phi) is 4.83. The van der Waals surface area contributed by atoms with E-state index in [1.54, 1.807) is 27.7 Å². The summed E-state index contributed by atoms with van der Waals surface area (Å²) in [6, 6.07) is 0. The molecule has 0 aliphatic heterocycles. The van der Waals surface area contributed by atoms with Gasteiger partial charge in [0.2, 0.25) is 6.41 Å². The van der Waals surface area contributed by atoms with Crippen molar-refractivity contribution in [3.63, 3.8) is 0 Å². The zero-order valence-electron chi connectivity index (χ0n) is 11.9. The van der Waals surface area contributed by atoms with Crippen molar-refractivity contribution in [2.24, 2.45) is 0 Å². The standard InChI is InChI=1S/C12H16N2O5S/c1-7-8(10(16)18-5)20-13-9(7)14(6-15)11(17)19-12(2,3)4/h6H,1-5H3. The molecule has 1 heterocycles. The van der Waals surface area contributed by atoms with E-state index >= 15 is 0 Å². The lowest BCUT2D eigenvalue weighted by atomic mass is 10.2. The van der Waals surface area contributed by atoms with Crippen molar-refractivity contribution in [2.45, 2.75) is 33.3 Å². The molecule has 1 aromatic heterocycles. The first-order valence-corrected chi connectivity index (χ1v) is 6.50. The fourth-order valence-electron chi connectivity index (χ4n) is 1.33. The molecule has 20 heavy (non-hydrogen) atoms. The highest BCUT2D eigenvalue weighted by molar-refractivity contribution is 7.08. The molecule has 0 spiro atoms. The molecule has 2 amide bonds. The molecule has 0 N–H and O–H groups in total. The van der Waals surface area contributed by atoms with Crippen molar-refractivity contribution in [1.82, 2.24) is 4.37 Å². The molecule has 0 unspecified atom stereocenters. The van der Waals surface area contributed by atoms with E-state index in [0.29, 0.717) is 12.0 Å². The fraction of sp³-hybridized carbons (Fsp3) is 0.500. The number of hydrogen-bond acceptors (Lipinski definition) is 7. The SMILES string of the molecule is COC(=O)c1snc(N(C=O)C(=O)OC(C)(C)C)c1C. The molecule has 0 saturated heterocycles. The Morgan fingerprint density at radius 1 is 1.35 bits per heavy atom. The Morgan fingerprint density at radius 3 is 2.40 bits per heavy atom. The largest absolute Gasteiger partial charge is 0.465 e. The normalized spacial score (nSPS) is 10.8. The summed E-state index contributed by atoms with van der Waals surface area (Å²) in [6.45, 7) is 6.62. The van der Waals surface area contributed by atoms with E-state index < -0.39 is 17.7 Å². The van der Waals surface area contributed by atoms with E-state index in [1.165, 1.54) is 7.11 Å². The second-order valence-corrected chi connectivity index (χ2v) is 5.68. The average molecular weight is 300 g/mol. The number of esters is 1. The number of nitrogens with zero attached hydrogens (tertiary/aromatic N) is 2. The molecule has 8 heteroatoms. The third kappa shape index (κ3) is 3.53. The predicted molar refractivity (Wildman–Crippen MR) is 73.0 cm³/mol. The van der Waals surface area contributed by atoms with Gasteiger partial charge in [-0.25, -0.2) is 9.59 Å². The number of methoxy groups -OCH3 is 1. The monoisotopic (exact) mass is 300 g/mol. The minimum absolute atomic E-state index is 0.0691. The molecule has 0 saturated carbocycles. The van der Waals surface area contributed by atoms with Gasteiger partial charge in [-0.15, -0.1) is 0 Å². The Labute approximate surface area is 120 Å². The minimum atomic E-state index is -0.850. The summed E-state index contributed by atoms with van der Waals surface area (Å²) in [7, 11) is 1.24. The molecule has 0 aliphatic rings. The Morgan fingerprint density at radius 2 is 1.95 bits per heavy atom. The van der Waals surface area contributed by atoms with Gasteiger partial charge >= 0.3 is 12.1 Å². The first-order valence-electron chi connectivity index (χ1n) is 5.73. The van der Waals surface area contributed by atoms with Crippen LogP contribution in [0.15, 0.2) is 0 Å². The van der Waals surface area contributed by atoms with E-state index in [4.69, 9.17) is 4.74 Å². The average Bonchev–Trinajstić information content (AvgIpc) is 2.69. The molecule has 1 aromatic rings. The maximum absolute atomic E-state index is 11.9. The van der Waals surface area contributed by atoms with Gasteiger partial charge in [0.25, 0.3) is 0 Å². The summed E-state index contributed by atoms with van der Waals surface area (Å²) in [5.74, 6) is -0.499. The number of aromatic nitrogens is 1. The number of rotatable bonds is 3. The first-order chi connectivity index (χ1) is 9.21. The van der Waals surface area contributed by atoms with Gasteiger partial charge in [0.1, 0.15) is 10.5 Å². The van der Waals surface area contributed by atoms with Crippen LogP contribution >= 0.6 is 11.5 Å². The van der Waals surface area contributed by atoms with Crippen LogP contribution in [-0.4, -0.2) is 35.6 Å². The summed E-state index contributed by atoms with van der Waals surface area (Å²) >= 11 is 0.855. The van der Waals surface area contributed by atoms with Gasteiger partial charge in [0, 0.05) is 5.56 Å². The predicted octanol–water partition coefficient (Wildman–Crippen LogP) is 2.14. The first kappa shape index (κ1) is 16.1. The van der Waals surface area contributed by atoms with Crippen LogP contribution < -0.4 is 4.90 Å². The van der Waals surface area contributed by atoms with Gasteiger partial charge < -0.3 is 9.47 Å². The van der Waals surface area contributed by atoms with Gasteiger partial charge in [-0.2, -0.15) is 9.27 Å². The zero-order valence-corrected chi connectivity index (χ0v) is 12.7. The Balaban J connectivity index is 3.08. The van der Waals surface area contributed by atoms with E-state index in [2.05, 4.69) is 9.11 Å². The van der Waals surface area contributed by atoms with Crippen LogP contribution in [-0.2, 0) is 14.3 Å². The quantitative estimate of drug-likeness (QED) is 0.628. The summed E-state index contributed by atoms with van der Waals surface area (Å²) in [5.41, 5.74) is -0.354. The molecule has 0 bridgehead atoms. The second-order valence-electron chi connectivity index (χ2n) is 4.91. The molecule has 0 fully saturated rings. The Bertz CT molecular complexity index is 532. The lowest BCUT2D eigenvalue weighted by Gasteiger charge is -2.22. The van der Waals surface area contributed by atoms with Crippen LogP contribution in [0.2, 0.25) is 0 Å². The van der Waals surface area contributed by atoms with E-state index in [9.17, 15) is 14.4 Å². The molecule has 0 aliphatic carbocycles. The van der Waals surface area contributed by atoms with E-state index in [-0.39, 0.29) is 10.7 Å². The van der Waals surface area contributed by atoms with Crippen LogP contribution in [0.25, 0.3) is 0 Å². The molecule has 0 radical (unpaired) electrons. The van der Waals surface area contributed by atoms with Crippen LogP contribution in [0.3, 0.4) is 0 Å². The third-order valence-electron chi connectivity index (χ3n) is 2.19. The zero-order chi connectivity index (χ0) is 15.5. The summed E-state index contributed by atoms with van der Waals surface area (Å²) in [5, 5.41) is 0. The molecule has 0 atom stereocenters. The number of amides is 2. The molecule has 0 aromatic carbocycles. The van der Waals surface area contributed by atoms with Crippen molar-refractivity contribution in [1.29, 1.82) is 0 Å². The highest BCUT2D eigenvalue weighted by Gasteiger charge is 2.28. The molecule has 110 valence electrons. The lowest BCUT2D eigenvalue weighted by molar-refractivity contribution is -0.107. The molecular formula is C12H16N2O5S. The Hall–Kier alpha value is -1.96. The number of carbonyl (C=O) groups excluding carboxylic acids is 3. The second kappa shape index (κ2) is 6.00. The maximum atomic E-state index is 11.9. The number of anilines is 1. The number of hydrogen-bond donors (Lipinski definition) is 0. The van der Waals surface area contributed by atoms with Crippen molar-refractivity contribution < 1.29 is 23.9 Å². The summed E-state index contributed by atoms with van der Waals surface area (Å²) < 4.78 is 13.6. The third-order valence-corrected chi connectivity index (χ3v) is 3.11. The van der Waals surface area contributed by atoms with Gasteiger partial charge in [-0.1, -0.05) is 0 Å². The van der Waals surface area contributed by atoms with Crippen molar-refractivity contribution >= 4 is 35.8 Å². The van der Waals surface area contributed by atoms with Crippen molar-refractivity contribution in [3.05, 3.63) is 10.4 Å². The topological polar surface area (TPSA) is 85.8 Å². The minimum Gasteiger partial charge on any atom is -0.465 e. The molecular weight excluding hydrogens is 284 g/mol. The highest BCUT2D eigenvalue weighted by atomic mass is 32.1. The smallest absolute Gasteiger partial charge is 0.422 e. The van der Waals surface area contributed by atoms with Crippen molar-refractivity contribution in [2.75, 3.05) is 12.0 Å². The van der Waals surface area contributed by atoms with Gasteiger partial charge in [0.05, 0.1) is 7.11 Å².